The van der Waals surface area contributed by atoms with Gasteiger partial charge in [-0.3, -0.25) is 0 Å². The zero-order valence-electron chi connectivity index (χ0n) is 14.2. The van der Waals surface area contributed by atoms with Crippen LogP contribution in [0.25, 0.3) is 0 Å². The molecule has 0 radical (unpaired) electrons. The number of phenolic OH excluding ortho intramolecular Hbond substituents is 4. The van der Waals surface area contributed by atoms with E-state index in [0.717, 1.165) is 6.42 Å². The van der Waals surface area contributed by atoms with Gasteiger partial charge in [-0.25, -0.2) is 0 Å². The van der Waals surface area contributed by atoms with Crippen LogP contribution in [-0.2, 0) is 17.8 Å². The Bertz CT molecular complexity index is 823. The summed E-state index contributed by atoms with van der Waals surface area (Å²) < 4.78 is 6.97. The van der Waals surface area contributed by atoms with E-state index in [1.54, 1.807) is 6.07 Å². The van der Waals surface area contributed by atoms with Crippen molar-refractivity contribution in [1.82, 2.24) is 0 Å². The van der Waals surface area contributed by atoms with Crippen molar-refractivity contribution in [2.75, 3.05) is 0 Å². The van der Waals surface area contributed by atoms with Gasteiger partial charge in [-0.1, -0.05) is 6.92 Å². The highest BCUT2D eigenvalue weighted by molar-refractivity contribution is 9.13. The molecule has 0 fully saturated rings. The summed E-state index contributed by atoms with van der Waals surface area (Å²) in [5.74, 6) is -0.667. The fourth-order valence-corrected chi connectivity index (χ4v) is 3.76. The maximum Gasteiger partial charge on any atom is 0.173 e. The molecular formula is C18H19Br3O5. The van der Waals surface area contributed by atoms with Gasteiger partial charge in [-0.2, -0.15) is 0 Å². The molecule has 0 heterocycles. The normalized spacial score (nSPS) is 12.3. The van der Waals surface area contributed by atoms with Crippen molar-refractivity contribution in [3.63, 3.8) is 0 Å². The van der Waals surface area contributed by atoms with Crippen molar-refractivity contribution in [2.24, 2.45) is 0 Å². The van der Waals surface area contributed by atoms with Crippen LogP contribution in [-0.4, -0.2) is 26.5 Å². The summed E-state index contributed by atoms with van der Waals surface area (Å²) in [6, 6.07) is 3.03. The molecule has 0 bridgehead atoms. The molecule has 0 amide bonds. The first-order valence-electron chi connectivity index (χ1n) is 7.89. The fraction of sp³-hybridized carbons (Fsp3) is 0.333. The van der Waals surface area contributed by atoms with Crippen LogP contribution >= 0.6 is 47.8 Å². The van der Waals surface area contributed by atoms with Gasteiger partial charge in [0.1, 0.15) is 11.5 Å². The van der Waals surface area contributed by atoms with Gasteiger partial charge in [-0.05, 0) is 78.8 Å². The van der Waals surface area contributed by atoms with Crippen LogP contribution in [0.4, 0.5) is 0 Å². The smallest absolute Gasteiger partial charge is 0.173 e. The van der Waals surface area contributed by atoms with E-state index < -0.39 is 0 Å². The van der Waals surface area contributed by atoms with E-state index >= 15 is 0 Å². The van der Waals surface area contributed by atoms with Crippen molar-refractivity contribution in [3.8, 4) is 23.0 Å². The highest BCUT2D eigenvalue weighted by atomic mass is 79.9. The molecule has 1 atom stereocenters. The summed E-state index contributed by atoms with van der Waals surface area (Å²) in [6.45, 7) is 3.98. The van der Waals surface area contributed by atoms with Gasteiger partial charge in [0.25, 0.3) is 0 Å². The molecule has 0 aromatic heterocycles. The summed E-state index contributed by atoms with van der Waals surface area (Å²) in [7, 11) is 0. The maximum atomic E-state index is 10.6. The molecule has 1 unspecified atom stereocenters. The summed E-state index contributed by atoms with van der Waals surface area (Å²) in [4.78, 5) is 0. The van der Waals surface area contributed by atoms with Gasteiger partial charge < -0.3 is 25.2 Å². The van der Waals surface area contributed by atoms with E-state index in [0.29, 0.717) is 30.1 Å². The molecule has 0 spiro atoms. The number of halogens is 3. The van der Waals surface area contributed by atoms with Crippen LogP contribution in [0.5, 0.6) is 23.0 Å². The lowest BCUT2D eigenvalue weighted by atomic mass is 10.0. The number of hydrogen-bond donors (Lipinski definition) is 4. The molecule has 0 aliphatic rings. The highest BCUT2D eigenvalue weighted by Gasteiger charge is 2.20. The summed E-state index contributed by atoms with van der Waals surface area (Å²) in [6.07, 6.45) is 1.07. The minimum atomic E-state index is -0.271. The van der Waals surface area contributed by atoms with Crippen molar-refractivity contribution >= 4 is 47.8 Å². The first-order valence-corrected chi connectivity index (χ1v) is 10.3. The van der Waals surface area contributed by atoms with Gasteiger partial charge in [0.15, 0.2) is 11.5 Å². The molecule has 2 rings (SSSR count). The van der Waals surface area contributed by atoms with Crippen LogP contribution in [0, 0.1) is 0 Å². The fourth-order valence-electron chi connectivity index (χ4n) is 2.34. The number of phenols is 4. The van der Waals surface area contributed by atoms with Crippen molar-refractivity contribution in [3.05, 3.63) is 42.2 Å². The van der Waals surface area contributed by atoms with Crippen LogP contribution in [0.2, 0.25) is 0 Å². The SMILES string of the molecule is CCC(C)OCc1c(O)c(Br)cc(Cc2cc(O)c(O)c(Br)c2Br)c1O. The number of benzene rings is 2. The number of aromatic hydroxyl groups is 4. The molecule has 2 aromatic carbocycles. The summed E-state index contributed by atoms with van der Waals surface area (Å²) in [5, 5.41) is 40.5. The van der Waals surface area contributed by atoms with Gasteiger partial charge in [0.05, 0.1) is 27.2 Å². The van der Waals surface area contributed by atoms with Crippen LogP contribution in [0.3, 0.4) is 0 Å². The molecule has 5 nitrogen and oxygen atoms in total. The summed E-state index contributed by atoms with van der Waals surface area (Å²) >= 11 is 9.89. The van der Waals surface area contributed by atoms with E-state index in [1.165, 1.54) is 6.07 Å². The van der Waals surface area contributed by atoms with Crippen LogP contribution in [0.15, 0.2) is 25.6 Å². The van der Waals surface area contributed by atoms with E-state index in [4.69, 9.17) is 4.74 Å². The van der Waals surface area contributed by atoms with Crippen molar-refractivity contribution in [2.45, 2.75) is 39.4 Å². The molecule has 8 heteroatoms. The second kappa shape index (κ2) is 8.82. The molecule has 0 aliphatic heterocycles. The zero-order chi connectivity index (χ0) is 19.6. The van der Waals surface area contributed by atoms with E-state index in [1.807, 2.05) is 13.8 Å². The molecule has 0 saturated heterocycles. The lowest BCUT2D eigenvalue weighted by Crippen LogP contribution is -2.07. The minimum Gasteiger partial charge on any atom is -0.507 e. The first kappa shape index (κ1) is 21.3. The Balaban J connectivity index is 2.44. The van der Waals surface area contributed by atoms with Gasteiger partial charge in [0.2, 0.25) is 0 Å². The second-order valence-corrected chi connectivity index (χ2v) is 8.37. The molecular weight excluding hydrogens is 536 g/mol. The molecule has 26 heavy (non-hydrogen) atoms. The standard InChI is InChI=1S/C18H19Br3O5/c1-3-8(2)26-7-11-16(23)10(5-12(19)17(11)24)4-9-6-13(22)18(25)15(21)14(9)20/h5-6,8,22-25H,3-4,7H2,1-2H3. The Morgan fingerprint density at radius 2 is 1.58 bits per heavy atom. The van der Waals surface area contributed by atoms with E-state index in [9.17, 15) is 20.4 Å². The second-order valence-electron chi connectivity index (χ2n) is 5.93. The predicted octanol–water partition coefficient (Wildman–Crippen LogP) is 5.70. The molecule has 4 N–H and O–H groups in total. The lowest BCUT2D eigenvalue weighted by molar-refractivity contribution is 0.0485. The van der Waals surface area contributed by atoms with Crippen molar-refractivity contribution in [1.29, 1.82) is 0 Å². The topological polar surface area (TPSA) is 90.2 Å². The average Bonchev–Trinajstić information content (AvgIpc) is 2.61. The monoisotopic (exact) mass is 552 g/mol. The first-order chi connectivity index (χ1) is 12.2. The zero-order valence-corrected chi connectivity index (χ0v) is 18.9. The molecule has 2 aromatic rings. The van der Waals surface area contributed by atoms with Gasteiger partial charge >= 0.3 is 0 Å². The number of hydrogen-bond acceptors (Lipinski definition) is 5. The minimum absolute atomic E-state index is 0.00428. The van der Waals surface area contributed by atoms with Crippen molar-refractivity contribution < 1.29 is 25.2 Å². The molecule has 0 aliphatic carbocycles. The van der Waals surface area contributed by atoms with Crippen LogP contribution < -0.4 is 0 Å². The quantitative estimate of drug-likeness (QED) is 0.344. The lowest BCUT2D eigenvalue weighted by Gasteiger charge is -2.17. The third-order valence-corrected chi connectivity index (χ3v) is 6.92. The Kier molecular flexibility index (Phi) is 7.24. The maximum absolute atomic E-state index is 10.6. The predicted molar refractivity (Wildman–Crippen MR) is 110 cm³/mol. The number of ether oxygens (including phenoxy) is 1. The van der Waals surface area contributed by atoms with Crippen LogP contribution in [0.1, 0.15) is 37.0 Å². The largest absolute Gasteiger partial charge is 0.507 e. The Hall–Kier alpha value is -0.960. The van der Waals surface area contributed by atoms with Gasteiger partial charge in [0, 0.05) is 16.5 Å². The Morgan fingerprint density at radius 1 is 0.923 bits per heavy atom. The average molecular weight is 555 g/mol. The molecule has 142 valence electrons. The molecule has 0 saturated carbocycles. The summed E-state index contributed by atoms with van der Waals surface area (Å²) in [5.41, 5.74) is 1.48. The Morgan fingerprint density at radius 3 is 2.19 bits per heavy atom. The number of rotatable bonds is 6. The van der Waals surface area contributed by atoms with E-state index in [-0.39, 0.29) is 42.1 Å². The third kappa shape index (κ3) is 4.47. The Labute approximate surface area is 177 Å². The third-order valence-electron chi connectivity index (χ3n) is 4.11. The highest BCUT2D eigenvalue weighted by Crippen LogP contribution is 2.44. The van der Waals surface area contributed by atoms with E-state index in [2.05, 4.69) is 47.8 Å². The van der Waals surface area contributed by atoms with Gasteiger partial charge in [-0.15, -0.1) is 0 Å².